The van der Waals surface area contributed by atoms with E-state index < -0.39 is 0 Å². The molecule has 1 heterocycles. The Kier molecular flexibility index (Phi) is 5.96. The van der Waals surface area contributed by atoms with Gasteiger partial charge in [-0.3, -0.25) is 4.79 Å². The maximum Gasteiger partial charge on any atom is 0.237 e. The van der Waals surface area contributed by atoms with Crippen LogP contribution in [-0.4, -0.2) is 20.7 Å². The molecule has 1 amide bonds. The van der Waals surface area contributed by atoms with Crippen LogP contribution in [0.25, 0.3) is 0 Å². The number of imidazole rings is 1. The number of aryl methyl sites for hydroxylation is 1. The molecule has 3 aromatic rings. The number of thioether (sulfide) groups is 1. The molecule has 0 aliphatic rings. The van der Waals surface area contributed by atoms with Crippen molar-refractivity contribution >= 4 is 23.4 Å². The van der Waals surface area contributed by atoms with Gasteiger partial charge in [0.2, 0.25) is 5.91 Å². The minimum absolute atomic E-state index is 0.0593. The highest BCUT2D eigenvalue weighted by Gasteiger charge is 2.16. The number of carbonyl (C=O) groups is 1. The van der Waals surface area contributed by atoms with Crippen molar-refractivity contribution < 1.29 is 9.53 Å². The van der Waals surface area contributed by atoms with Gasteiger partial charge >= 0.3 is 0 Å². The lowest BCUT2D eigenvalue weighted by Gasteiger charge is -2.12. The summed E-state index contributed by atoms with van der Waals surface area (Å²) in [5.74, 6) is 0.707. The molecule has 5 nitrogen and oxygen atoms in total. The third kappa shape index (κ3) is 4.89. The average molecular weight is 367 g/mol. The predicted octanol–water partition coefficient (Wildman–Crippen LogP) is 4.12. The van der Waals surface area contributed by atoms with Crippen molar-refractivity contribution in [2.24, 2.45) is 7.05 Å². The summed E-state index contributed by atoms with van der Waals surface area (Å²) in [4.78, 5) is 16.6. The molecule has 1 aromatic heterocycles. The Hall–Kier alpha value is -2.73. The maximum atomic E-state index is 12.3. The second-order valence-electron chi connectivity index (χ2n) is 5.87. The smallest absolute Gasteiger partial charge is 0.237 e. The highest BCUT2D eigenvalue weighted by molar-refractivity contribution is 8.00. The van der Waals surface area contributed by atoms with Gasteiger partial charge in [0, 0.05) is 25.1 Å². The molecule has 2 aromatic carbocycles. The van der Waals surface area contributed by atoms with E-state index >= 15 is 0 Å². The van der Waals surface area contributed by atoms with Crippen LogP contribution in [0.5, 0.6) is 5.75 Å². The number of hydrogen-bond acceptors (Lipinski definition) is 4. The number of rotatable bonds is 7. The van der Waals surface area contributed by atoms with E-state index in [-0.39, 0.29) is 11.2 Å². The van der Waals surface area contributed by atoms with E-state index in [1.807, 2.05) is 79.3 Å². The number of hydrogen-bond donors (Lipinski definition) is 1. The first-order chi connectivity index (χ1) is 12.6. The Morgan fingerprint density at radius 1 is 1.19 bits per heavy atom. The molecule has 0 unspecified atom stereocenters. The molecule has 6 heteroatoms. The zero-order valence-electron chi connectivity index (χ0n) is 14.8. The molecule has 0 bridgehead atoms. The molecule has 3 rings (SSSR count). The van der Waals surface area contributed by atoms with E-state index in [2.05, 4.69) is 10.3 Å². The van der Waals surface area contributed by atoms with Crippen LogP contribution in [0, 0.1) is 0 Å². The molecule has 134 valence electrons. The van der Waals surface area contributed by atoms with Crippen molar-refractivity contribution in [3.8, 4) is 5.75 Å². The monoisotopic (exact) mass is 367 g/mol. The lowest BCUT2D eigenvalue weighted by atomic mass is 10.2. The molecule has 0 fully saturated rings. The Morgan fingerprint density at radius 2 is 1.92 bits per heavy atom. The quantitative estimate of drug-likeness (QED) is 0.638. The summed E-state index contributed by atoms with van der Waals surface area (Å²) in [7, 11) is 1.91. The molecule has 1 atom stereocenters. The predicted molar refractivity (Wildman–Crippen MR) is 104 cm³/mol. The molecular formula is C20H21N3O2S. The van der Waals surface area contributed by atoms with Gasteiger partial charge in [-0.1, -0.05) is 42.1 Å². The first-order valence-electron chi connectivity index (χ1n) is 8.33. The van der Waals surface area contributed by atoms with Gasteiger partial charge in [-0.2, -0.15) is 0 Å². The van der Waals surface area contributed by atoms with Crippen LogP contribution in [0.1, 0.15) is 12.5 Å². The maximum absolute atomic E-state index is 12.3. The standard InChI is InChI=1S/C20H21N3O2S/c1-15(26-20-21-12-13-23(20)2)19(24)22-17-8-10-18(11-9-17)25-14-16-6-4-3-5-7-16/h3-13,15H,14H2,1-2H3,(H,22,24)/t15-/m1/s1. The third-order valence-corrected chi connectivity index (χ3v) is 4.97. The average Bonchev–Trinajstić information content (AvgIpc) is 3.06. The lowest BCUT2D eigenvalue weighted by molar-refractivity contribution is -0.115. The molecule has 0 aliphatic heterocycles. The molecule has 0 saturated carbocycles. The number of benzene rings is 2. The van der Waals surface area contributed by atoms with Crippen LogP contribution in [0.4, 0.5) is 5.69 Å². The first-order valence-corrected chi connectivity index (χ1v) is 9.21. The summed E-state index contributed by atoms with van der Waals surface area (Å²) < 4.78 is 7.65. The fourth-order valence-corrected chi connectivity index (χ4v) is 3.13. The summed E-state index contributed by atoms with van der Waals surface area (Å²) in [5, 5.41) is 3.49. The van der Waals surface area contributed by atoms with E-state index in [0.29, 0.717) is 6.61 Å². The van der Waals surface area contributed by atoms with Crippen molar-refractivity contribution in [3.63, 3.8) is 0 Å². The van der Waals surface area contributed by atoms with Gasteiger partial charge in [0.1, 0.15) is 12.4 Å². The Bertz CT molecular complexity index is 847. The van der Waals surface area contributed by atoms with Gasteiger partial charge in [-0.05, 0) is 36.8 Å². The largest absolute Gasteiger partial charge is 0.489 e. The summed E-state index contributed by atoms with van der Waals surface area (Å²) in [6.45, 7) is 2.38. The number of ether oxygens (including phenoxy) is 1. The molecule has 0 spiro atoms. The lowest BCUT2D eigenvalue weighted by Crippen LogP contribution is -2.22. The minimum atomic E-state index is -0.245. The summed E-state index contributed by atoms with van der Waals surface area (Å²) in [5.41, 5.74) is 1.86. The van der Waals surface area contributed by atoms with Crippen LogP contribution < -0.4 is 10.1 Å². The van der Waals surface area contributed by atoms with E-state index in [9.17, 15) is 4.79 Å². The number of amides is 1. The highest BCUT2D eigenvalue weighted by atomic mass is 32.2. The Labute approximate surface area is 157 Å². The van der Waals surface area contributed by atoms with E-state index in [4.69, 9.17) is 4.74 Å². The number of anilines is 1. The Morgan fingerprint density at radius 3 is 2.58 bits per heavy atom. The van der Waals surface area contributed by atoms with E-state index in [1.165, 1.54) is 11.8 Å². The van der Waals surface area contributed by atoms with Gasteiger partial charge in [0.25, 0.3) is 0 Å². The Balaban J connectivity index is 1.51. The number of aromatic nitrogens is 2. The summed E-state index contributed by atoms with van der Waals surface area (Å²) in [6.07, 6.45) is 3.59. The molecule has 1 N–H and O–H groups in total. The van der Waals surface area contributed by atoms with E-state index in [0.717, 1.165) is 22.2 Å². The van der Waals surface area contributed by atoms with Gasteiger partial charge in [-0.15, -0.1) is 0 Å². The normalized spacial score (nSPS) is 11.8. The van der Waals surface area contributed by atoms with Gasteiger partial charge in [0.05, 0.1) is 5.25 Å². The number of nitrogens with one attached hydrogen (secondary N) is 1. The van der Waals surface area contributed by atoms with Crippen LogP contribution >= 0.6 is 11.8 Å². The summed E-state index contributed by atoms with van der Waals surface area (Å²) >= 11 is 1.43. The van der Waals surface area contributed by atoms with Gasteiger partial charge in [-0.25, -0.2) is 4.98 Å². The van der Waals surface area contributed by atoms with Crippen LogP contribution in [0.15, 0.2) is 72.1 Å². The summed E-state index contributed by atoms with van der Waals surface area (Å²) in [6, 6.07) is 17.4. The molecule has 0 saturated heterocycles. The van der Waals surface area contributed by atoms with Gasteiger partial charge < -0.3 is 14.6 Å². The van der Waals surface area contributed by atoms with Crippen LogP contribution in [-0.2, 0) is 18.4 Å². The molecule has 0 radical (unpaired) electrons. The van der Waals surface area contributed by atoms with E-state index in [1.54, 1.807) is 6.20 Å². The number of nitrogens with zero attached hydrogens (tertiary/aromatic N) is 2. The van der Waals surface area contributed by atoms with Crippen LogP contribution in [0.3, 0.4) is 0 Å². The van der Waals surface area contributed by atoms with Crippen molar-refractivity contribution in [3.05, 3.63) is 72.6 Å². The fourth-order valence-electron chi connectivity index (χ4n) is 2.30. The topological polar surface area (TPSA) is 56.2 Å². The second kappa shape index (κ2) is 8.58. The van der Waals surface area contributed by atoms with Crippen molar-refractivity contribution in [1.82, 2.24) is 9.55 Å². The highest BCUT2D eigenvalue weighted by Crippen LogP contribution is 2.23. The molecule has 26 heavy (non-hydrogen) atoms. The molecular weight excluding hydrogens is 346 g/mol. The third-order valence-electron chi connectivity index (χ3n) is 3.80. The molecule has 0 aliphatic carbocycles. The van der Waals surface area contributed by atoms with Crippen LogP contribution in [0.2, 0.25) is 0 Å². The number of carbonyl (C=O) groups excluding carboxylic acids is 1. The fraction of sp³-hybridized carbons (Fsp3) is 0.200. The zero-order valence-corrected chi connectivity index (χ0v) is 15.6. The minimum Gasteiger partial charge on any atom is -0.489 e. The first kappa shape index (κ1) is 18.1. The van der Waals surface area contributed by atoms with Crippen molar-refractivity contribution in [2.45, 2.75) is 23.9 Å². The SMILES string of the molecule is C[C@@H](Sc1nccn1C)C(=O)Nc1ccc(OCc2ccccc2)cc1. The van der Waals surface area contributed by atoms with Crippen molar-refractivity contribution in [1.29, 1.82) is 0 Å². The zero-order chi connectivity index (χ0) is 18.4. The second-order valence-corrected chi connectivity index (χ2v) is 7.18. The van der Waals surface area contributed by atoms with Gasteiger partial charge in [0.15, 0.2) is 5.16 Å². The van der Waals surface area contributed by atoms with Crippen molar-refractivity contribution in [2.75, 3.05) is 5.32 Å².